The van der Waals surface area contributed by atoms with Crippen molar-refractivity contribution in [1.82, 2.24) is 24.1 Å². The molecule has 10 rings (SSSR count). The van der Waals surface area contributed by atoms with Crippen LogP contribution >= 0.6 is 0 Å². The number of para-hydroxylation sites is 3. The fourth-order valence-corrected chi connectivity index (χ4v) is 7.14. The van der Waals surface area contributed by atoms with E-state index in [0.29, 0.717) is 11.4 Å². The van der Waals surface area contributed by atoms with Crippen molar-refractivity contribution in [3.8, 4) is 45.5 Å². The minimum absolute atomic E-state index is 0.0195. The molecule has 0 unspecified atom stereocenters. The highest BCUT2D eigenvalue weighted by atomic mass is 15.2. The standard InChI is InChI=1S/C45H29N5/c1-4-16-30(17-5-1)33-22-10-13-25-38(33)49-39-26-14-11-23-34(39)36-28-29-37-35-24-12-15-27-40(35)50(42(37)41(36)49)45-47-43(31-18-6-2-7-19-31)46-44(48-45)32-20-8-3-9-21-32/h1-29H/i2D,6D,7D,18D,19D. The van der Waals surface area contributed by atoms with Gasteiger partial charge < -0.3 is 4.57 Å². The molecule has 234 valence electrons. The maximum Gasteiger partial charge on any atom is 0.238 e. The number of rotatable bonds is 5. The molecule has 0 spiro atoms. The van der Waals surface area contributed by atoms with Crippen molar-refractivity contribution in [2.75, 3.05) is 0 Å². The Bertz CT molecular complexity index is 3130. The predicted molar refractivity (Wildman–Crippen MR) is 205 cm³/mol. The molecule has 0 atom stereocenters. The Morgan fingerprint density at radius 1 is 0.400 bits per heavy atom. The third-order valence-corrected chi connectivity index (χ3v) is 9.28. The molecule has 0 N–H and O–H groups in total. The molecule has 0 fully saturated rings. The van der Waals surface area contributed by atoms with Gasteiger partial charge in [-0.05, 0) is 23.8 Å². The van der Waals surface area contributed by atoms with Crippen molar-refractivity contribution in [2.45, 2.75) is 0 Å². The van der Waals surface area contributed by atoms with E-state index in [1.165, 1.54) is 0 Å². The van der Waals surface area contributed by atoms with Crippen molar-refractivity contribution < 1.29 is 6.85 Å². The van der Waals surface area contributed by atoms with Crippen LogP contribution in [-0.4, -0.2) is 24.1 Å². The van der Waals surface area contributed by atoms with Crippen molar-refractivity contribution in [3.05, 3.63) is 176 Å². The van der Waals surface area contributed by atoms with Crippen LogP contribution < -0.4 is 0 Å². The zero-order valence-electron chi connectivity index (χ0n) is 31.6. The molecule has 0 saturated carbocycles. The van der Waals surface area contributed by atoms with Crippen LogP contribution in [0.1, 0.15) is 6.85 Å². The highest BCUT2D eigenvalue weighted by Gasteiger charge is 2.24. The van der Waals surface area contributed by atoms with Crippen molar-refractivity contribution in [3.63, 3.8) is 0 Å². The second-order valence-electron chi connectivity index (χ2n) is 12.1. The first-order valence-corrected chi connectivity index (χ1v) is 16.4. The van der Waals surface area contributed by atoms with Crippen LogP contribution in [0.25, 0.3) is 89.2 Å². The Hall–Kier alpha value is -6.85. The fourth-order valence-electron chi connectivity index (χ4n) is 7.14. The molecule has 0 aliphatic carbocycles. The lowest BCUT2D eigenvalue weighted by atomic mass is 10.0. The summed E-state index contributed by atoms with van der Waals surface area (Å²) in [6.45, 7) is 0. The number of nitrogens with zero attached hydrogens (tertiary/aromatic N) is 5. The van der Waals surface area contributed by atoms with E-state index in [0.717, 1.165) is 60.4 Å². The van der Waals surface area contributed by atoms with E-state index in [1.54, 1.807) is 0 Å². The molecule has 0 aliphatic heterocycles. The van der Waals surface area contributed by atoms with E-state index in [-0.39, 0.29) is 29.4 Å². The molecule has 0 amide bonds. The van der Waals surface area contributed by atoms with E-state index in [1.807, 2.05) is 71.3 Å². The Labute approximate surface area is 295 Å². The zero-order valence-corrected chi connectivity index (χ0v) is 26.6. The molecule has 10 aromatic rings. The summed E-state index contributed by atoms with van der Waals surface area (Å²) in [5.74, 6) is 0.539. The quantitative estimate of drug-likeness (QED) is 0.187. The monoisotopic (exact) mass is 644 g/mol. The smallest absolute Gasteiger partial charge is 0.238 e. The summed E-state index contributed by atoms with van der Waals surface area (Å²) >= 11 is 0. The average Bonchev–Trinajstić information content (AvgIpc) is 3.76. The van der Waals surface area contributed by atoms with Crippen LogP contribution in [0.5, 0.6) is 0 Å². The molecular formula is C45H29N5. The largest absolute Gasteiger partial charge is 0.307 e. The van der Waals surface area contributed by atoms with Crippen LogP contribution in [0.2, 0.25) is 0 Å². The first-order valence-electron chi connectivity index (χ1n) is 18.9. The summed E-state index contributed by atoms with van der Waals surface area (Å²) in [6, 6.07) is 46.9. The molecule has 0 radical (unpaired) electrons. The van der Waals surface area contributed by atoms with Crippen LogP contribution in [-0.2, 0) is 0 Å². The molecule has 50 heavy (non-hydrogen) atoms. The molecule has 5 heteroatoms. The van der Waals surface area contributed by atoms with E-state index < -0.39 is 18.1 Å². The molecule has 0 saturated heterocycles. The Kier molecular flexibility index (Phi) is 5.35. The average molecular weight is 645 g/mol. The van der Waals surface area contributed by atoms with Gasteiger partial charge in [-0.1, -0.05) is 158 Å². The summed E-state index contributed by atoms with van der Waals surface area (Å²) in [4.78, 5) is 14.9. The maximum absolute atomic E-state index is 8.86. The van der Waals surface area contributed by atoms with Crippen LogP contribution in [0.4, 0.5) is 0 Å². The molecule has 0 aliphatic rings. The lowest BCUT2D eigenvalue weighted by molar-refractivity contribution is 0.953. The normalized spacial score (nSPS) is 13.0. The van der Waals surface area contributed by atoms with Gasteiger partial charge in [0.1, 0.15) is 0 Å². The van der Waals surface area contributed by atoms with E-state index in [2.05, 4.69) is 83.4 Å². The topological polar surface area (TPSA) is 48.5 Å². The number of aromatic nitrogens is 5. The third kappa shape index (κ3) is 4.37. The van der Waals surface area contributed by atoms with Gasteiger partial charge in [0.05, 0.1) is 34.6 Å². The minimum atomic E-state index is -0.482. The van der Waals surface area contributed by atoms with Gasteiger partial charge in [-0.25, -0.2) is 4.98 Å². The van der Waals surface area contributed by atoms with E-state index in [4.69, 9.17) is 21.8 Å². The van der Waals surface area contributed by atoms with Gasteiger partial charge in [0, 0.05) is 38.2 Å². The highest BCUT2D eigenvalue weighted by Crippen LogP contribution is 2.43. The molecular weight excluding hydrogens is 611 g/mol. The Balaban J connectivity index is 1.39. The van der Waals surface area contributed by atoms with Crippen molar-refractivity contribution in [2.24, 2.45) is 0 Å². The van der Waals surface area contributed by atoms with E-state index in [9.17, 15) is 0 Å². The van der Waals surface area contributed by atoms with Crippen molar-refractivity contribution >= 4 is 43.6 Å². The summed E-state index contributed by atoms with van der Waals surface area (Å²) in [7, 11) is 0. The summed E-state index contributed by atoms with van der Waals surface area (Å²) in [5.41, 5.74) is 7.44. The first-order chi connectivity index (χ1) is 26.9. The van der Waals surface area contributed by atoms with Gasteiger partial charge in [-0.15, -0.1) is 0 Å². The third-order valence-electron chi connectivity index (χ3n) is 9.28. The van der Waals surface area contributed by atoms with Crippen LogP contribution in [0.3, 0.4) is 0 Å². The minimum Gasteiger partial charge on any atom is -0.307 e. The van der Waals surface area contributed by atoms with Gasteiger partial charge in [0.2, 0.25) is 5.95 Å². The van der Waals surface area contributed by atoms with Crippen molar-refractivity contribution in [1.29, 1.82) is 0 Å². The molecule has 7 aromatic carbocycles. The Morgan fingerprint density at radius 2 is 0.920 bits per heavy atom. The van der Waals surface area contributed by atoms with Gasteiger partial charge >= 0.3 is 0 Å². The SMILES string of the molecule is [2H]c1c([2H])c([2H])c(-c2nc(-c3ccccc3)nc(-n3c4ccccc4c4ccc5c6ccccc6n(-c6ccccc6-c6ccccc6)c5c43)n2)c([2H])c1[2H]. The molecule has 3 aromatic heterocycles. The summed E-state index contributed by atoms with van der Waals surface area (Å²) in [5, 5.41) is 4.09. The molecule has 5 nitrogen and oxygen atoms in total. The molecule has 0 bridgehead atoms. The lowest BCUT2D eigenvalue weighted by Gasteiger charge is -2.16. The van der Waals surface area contributed by atoms with E-state index >= 15 is 0 Å². The number of hydrogen-bond acceptors (Lipinski definition) is 3. The highest BCUT2D eigenvalue weighted by molar-refractivity contribution is 6.23. The second-order valence-corrected chi connectivity index (χ2v) is 12.1. The van der Waals surface area contributed by atoms with Crippen LogP contribution in [0.15, 0.2) is 176 Å². The lowest BCUT2D eigenvalue weighted by Crippen LogP contribution is -2.07. The second kappa shape index (κ2) is 11.4. The Morgan fingerprint density at radius 3 is 1.60 bits per heavy atom. The maximum atomic E-state index is 8.86. The number of hydrogen-bond donors (Lipinski definition) is 0. The van der Waals surface area contributed by atoms with Gasteiger partial charge in [-0.2, -0.15) is 9.97 Å². The molecule has 3 heterocycles. The number of fused-ring (bicyclic) bond motifs is 7. The fraction of sp³-hybridized carbons (Fsp3) is 0. The van der Waals surface area contributed by atoms with Gasteiger partial charge in [0.25, 0.3) is 0 Å². The first kappa shape index (κ1) is 23.5. The summed E-state index contributed by atoms with van der Waals surface area (Å²) in [6.07, 6.45) is 0. The van der Waals surface area contributed by atoms with Gasteiger partial charge in [-0.3, -0.25) is 4.57 Å². The summed E-state index contributed by atoms with van der Waals surface area (Å²) < 4.78 is 47.2. The van der Waals surface area contributed by atoms with Gasteiger partial charge in [0.15, 0.2) is 11.6 Å². The number of benzene rings is 7. The predicted octanol–water partition coefficient (Wildman–Crippen LogP) is 11.1. The zero-order chi connectivity index (χ0) is 37.4. The van der Waals surface area contributed by atoms with Crippen LogP contribution in [0, 0.1) is 0 Å².